The molecule has 2 rings (SSSR count). The van der Waals surface area contributed by atoms with Crippen LogP contribution in [0.3, 0.4) is 0 Å². The van der Waals surface area contributed by atoms with Gasteiger partial charge in [0.15, 0.2) is 6.61 Å². The van der Waals surface area contributed by atoms with Gasteiger partial charge in [0.25, 0.3) is 5.91 Å². The molecule has 2 aromatic rings. The zero-order chi connectivity index (χ0) is 20.5. The highest BCUT2D eigenvalue weighted by molar-refractivity contribution is 5.88. The molecule has 6 heteroatoms. The molecule has 0 heterocycles. The summed E-state index contributed by atoms with van der Waals surface area (Å²) < 4.78 is 10.8. The van der Waals surface area contributed by atoms with E-state index in [1.165, 1.54) is 0 Å². The fourth-order valence-corrected chi connectivity index (χ4v) is 2.99. The highest BCUT2D eigenvalue weighted by atomic mass is 16.5. The van der Waals surface area contributed by atoms with E-state index in [-0.39, 0.29) is 18.4 Å². The molecule has 2 amide bonds. The molecule has 2 aromatic carbocycles. The van der Waals surface area contributed by atoms with E-state index in [9.17, 15) is 9.59 Å². The predicted octanol–water partition coefficient (Wildman–Crippen LogP) is 2.94. The Kier molecular flexibility index (Phi) is 7.87. The van der Waals surface area contributed by atoms with Crippen LogP contribution in [0, 0.1) is 6.92 Å². The monoisotopic (exact) mass is 384 g/mol. The minimum atomic E-state index is -0.558. The van der Waals surface area contributed by atoms with Gasteiger partial charge in [0.05, 0.1) is 7.11 Å². The van der Waals surface area contributed by atoms with Gasteiger partial charge in [-0.25, -0.2) is 0 Å². The summed E-state index contributed by atoms with van der Waals surface area (Å²) in [7, 11) is 3.17. The number of hydrogen-bond acceptors (Lipinski definition) is 4. The number of carbonyl (C=O) groups is 2. The average molecular weight is 384 g/mol. The molecule has 0 saturated carbocycles. The number of rotatable bonds is 9. The van der Waals surface area contributed by atoms with Crippen molar-refractivity contribution < 1.29 is 19.1 Å². The Morgan fingerprint density at radius 2 is 1.79 bits per heavy atom. The van der Waals surface area contributed by atoms with Crippen molar-refractivity contribution in [3.63, 3.8) is 0 Å². The number of hydrogen-bond donors (Lipinski definition) is 1. The lowest BCUT2D eigenvalue weighted by Crippen LogP contribution is -2.49. The summed E-state index contributed by atoms with van der Waals surface area (Å²) in [5.74, 6) is 0.851. The van der Waals surface area contributed by atoms with E-state index >= 15 is 0 Å². The van der Waals surface area contributed by atoms with Crippen LogP contribution in [0.2, 0.25) is 0 Å². The first kappa shape index (κ1) is 21.3. The SMILES string of the molecule is CC[C@H](C(=O)NC)N(Cc1cccc(C)c1)C(=O)COc1ccc(OC)cc1. The Labute approximate surface area is 166 Å². The maximum Gasteiger partial charge on any atom is 0.261 e. The van der Waals surface area contributed by atoms with Crippen LogP contribution in [-0.4, -0.2) is 43.5 Å². The van der Waals surface area contributed by atoms with Gasteiger partial charge in [0, 0.05) is 13.6 Å². The molecule has 150 valence electrons. The average Bonchev–Trinajstić information content (AvgIpc) is 2.72. The summed E-state index contributed by atoms with van der Waals surface area (Å²) >= 11 is 0. The van der Waals surface area contributed by atoms with E-state index in [2.05, 4.69) is 5.32 Å². The fraction of sp³-hybridized carbons (Fsp3) is 0.364. The predicted molar refractivity (Wildman–Crippen MR) is 108 cm³/mol. The smallest absolute Gasteiger partial charge is 0.261 e. The number of benzene rings is 2. The summed E-state index contributed by atoms with van der Waals surface area (Å²) in [5, 5.41) is 2.65. The number of likely N-dealkylation sites (N-methyl/N-ethyl adjacent to an activating group) is 1. The van der Waals surface area contributed by atoms with E-state index < -0.39 is 6.04 Å². The third-order valence-electron chi connectivity index (χ3n) is 4.49. The highest BCUT2D eigenvalue weighted by Gasteiger charge is 2.28. The minimum absolute atomic E-state index is 0.147. The molecule has 0 radical (unpaired) electrons. The molecule has 0 unspecified atom stereocenters. The third kappa shape index (κ3) is 5.74. The second-order valence-electron chi connectivity index (χ2n) is 6.51. The standard InChI is InChI=1S/C22H28N2O4/c1-5-20(22(26)23-3)24(14-17-8-6-7-16(2)13-17)21(25)15-28-19-11-9-18(27-4)10-12-19/h6-13,20H,5,14-15H2,1-4H3,(H,23,26)/t20-/m1/s1. The molecule has 0 aliphatic heterocycles. The number of amides is 2. The maximum absolute atomic E-state index is 12.9. The molecule has 0 bridgehead atoms. The number of ether oxygens (including phenoxy) is 2. The molecule has 28 heavy (non-hydrogen) atoms. The molecule has 0 aliphatic rings. The first-order valence-electron chi connectivity index (χ1n) is 9.32. The molecule has 0 aromatic heterocycles. The summed E-state index contributed by atoms with van der Waals surface area (Å²) in [6, 6.07) is 14.4. The molecule has 0 saturated heterocycles. The Morgan fingerprint density at radius 3 is 2.36 bits per heavy atom. The van der Waals surface area contributed by atoms with Crippen LogP contribution in [0.5, 0.6) is 11.5 Å². The van der Waals surface area contributed by atoms with E-state index in [1.54, 1.807) is 43.3 Å². The zero-order valence-corrected chi connectivity index (χ0v) is 16.9. The number of aryl methyl sites for hydroxylation is 1. The van der Waals surface area contributed by atoms with Gasteiger partial charge in [-0.2, -0.15) is 0 Å². The minimum Gasteiger partial charge on any atom is -0.497 e. The molecule has 0 aliphatic carbocycles. The van der Waals surface area contributed by atoms with Crippen LogP contribution in [0.1, 0.15) is 24.5 Å². The highest BCUT2D eigenvalue weighted by Crippen LogP contribution is 2.18. The van der Waals surface area contributed by atoms with Gasteiger partial charge in [-0.05, 0) is 43.2 Å². The van der Waals surface area contributed by atoms with Gasteiger partial charge in [-0.15, -0.1) is 0 Å². The Hall–Kier alpha value is -3.02. The lowest BCUT2D eigenvalue weighted by atomic mass is 10.1. The number of nitrogens with zero attached hydrogens (tertiary/aromatic N) is 1. The van der Waals surface area contributed by atoms with Crippen LogP contribution in [0.4, 0.5) is 0 Å². The van der Waals surface area contributed by atoms with Crippen LogP contribution < -0.4 is 14.8 Å². The second-order valence-corrected chi connectivity index (χ2v) is 6.51. The Bertz CT molecular complexity index is 789. The van der Waals surface area contributed by atoms with Crippen LogP contribution in [-0.2, 0) is 16.1 Å². The van der Waals surface area contributed by atoms with E-state index in [0.717, 1.165) is 11.1 Å². The van der Waals surface area contributed by atoms with Crippen molar-refractivity contribution >= 4 is 11.8 Å². The molecule has 1 N–H and O–H groups in total. The summed E-state index contributed by atoms with van der Waals surface area (Å²) in [6.45, 7) is 4.09. The van der Waals surface area contributed by atoms with Gasteiger partial charge >= 0.3 is 0 Å². The van der Waals surface area contributed by atoms with Crippen LogP contribution >= 0.6 is 0 Å². The Balaban J connectivity index is 2.15. The van der Waals surface area contributed by atoms with Crippen molar-refractivity contribution in [1.82, 2.24) is 10.2 Å². The van der Waals surface area contributed by atoms with Gasteiger partial charge in [-0.3, -0.25) is 9.59 Å². The van der Waals surface area contributed by atoms with Gasteiger partial charge in [0.1, 0.15) is 17.5 Å². The summed E-state index contributed by atoms with van der Waals surface area (Å²) in [5.41, 5.74) is 2.08. The molecule has 1 atom stereocenters. The maximum atomic E-state index is 12.9. The first-order valence-corrected chi connectivity index (χ1v) is 9.32. The van der Waals surface area contributed by atoms with Crippen molar-refractivity contribution in [3.8, 4) is 11.5 Å². The summed E-state index contributed by atoms with van der Waals surface area (Å²) in [6.07, 6.45) is 0.514. The molecule has 0 fully saturated rings. The van der Waals surface area contributed by atoms with Gasteiger partial charge < -0.3 is 19.7 Å². The number of carbonyl (C=O) groups excluding carboxylic acids is 2. The second kappa shape index (κ2) is 10.3. The quantitative estimate of drug-likeness (QED) is 0.722. The molecule has 6 nitrogen and oxygen atoms in total. The van der Waals surface area contributed by atoms with Crippen molar-refractivity contribution in [3.05, 3.63) is 59.7 Å². The largest absolute Gasteiger partial charge is 0.497 e. The Morgan fingerprint density at radius 1 is 1.11 bits per heavy atom. The number of nitrogens with one attached hydrogen (secondary N) is 1. The first-order chi connectivity index (χ1) is 13.5. The van der Waals surface area contributed by atoms with Crippen LogP contribution in [0.15, 0.2) is 48.5 Å². The summed E-state index contributed by atoms with van der Waals surface area (Å²) in [4.78, 5) is 26.9. The van der Waals surface area contributed by atoms with E-state index in [0.29, 0.717) is 24.5 Å². The molecule has 0 spiro atoms. The van der Waals surface area contributed by atoms with Crippen molar-refractivity contribution in [1.29, 1.82) is 0 Å². The molecular weight excluding hydrogens is 356 g/mol. The van der Waals surface area contributed by atoms with Crippen molar-refractivity contribution in [2.24, 2.45) is 0 Å². The number of methoxy groups -OCH3 is 1. The topological polar surface area (TPSA) is 67.9 Å². The zero-order valence-electron chi connectivity index (χ0n) is 16.9. The van der Waals surface area contributed by atoms with Crippen molar-refractivity contribution in [2.75, 3.05) is 20.8 Å². The van der Waals surface area contributed by atoms with Crippen molar-refractivity contribution in [2.45, 2.75) is 32.9 Å². The molecular formula is C22H28N2O4. The third-order valence-corrected chi connectivity index (χ3v) is 4.49. The normalized spacial score (nSPS) is 11.4. The van der Waals surface area contributed by atoms with Crippen LogP contribution in [0.25, 0.3) is 0 Å². The van der Waals surface area contributed by atoms with Gasteiger partial charge in [-0.1, -0.05) is 36.8 Å². The van der Waals surface area contributed by atoms with E-state index in [4.69, 9.17) is 9.47 Å². The lowest BCUT2D eigenvalue weighted by molar-refractivity contribution is -0.142. The fourth-order valence-electron chi connectivity index (χ4n) is 2.99. The lowest BCUT2D eigenvalue weighted by Gasteiger charge is -2.30. The van der Waals surface area contributed by atoms with E-state index in [1.807, 2.05) is 38.1 Å². The van der Waals surface area contributed by atoms with Gasteiger partial charge in [0.2, 0.25) is 5.91 Å².